The zero-order valence-corrected chi connectivity index (χ0v) is 11.4. The Bertz CT molecular complexity index is 381. The Balaban J connectivity index is 2.60. The van der Waals surface area contributed by atoms with Gasteiger partial charge in [-0.25, -0.2) is 4.39 Å². The minimum absolute atomic E-state index is 0.0300. The van der Waals surface area contributed by atoms with Crippen molar-refractivity contribution in [2.24, 2.45) is 5.73 Å². The molecule has 0 saturated heterocycles. The van der Waals surface area contributed by atoms with E-state index in [1.54, 1.807) is 12.1 Å². The summed E-state index contributed by atoms with van der Waals surface area (Å²) in [4.78, 5) is 13.5. The number of nitrogens with two attached hydrogens (primary N) is 1. The summed E-state index contributed by atoms with van der Waals surface area (Å²) in [7, 11) is 0. The van der Waals surface area contributed by atoms with E-state index < -0.39 is 0 Å². The molecule has 0 aromatic heterocycles. The maximum absolute atomic E-state index is 12.9. The third-order valence-corrected chi connectivity index (χ3v) is 2.81. The molecule has 0 aliphatic heterocycles. The number of hydrogen-bond acceptors (Lipinski definition) is 3. The van der Waals surface area contributed by atoms with E-state index in [9.17, 15) is 9.18 Å². The summed E-state index contributed by atoms with van der Waals surface area (Å²) in [6, 6.07) is 6.31. The molecule has 0 spiro atoms. The second kappa shape index (κ2) is 8.48. The van der Waals surface area contributed by atoms with Crippen LogP contribution in [-0.4, -0.2) is 32.1 Å². The van der Waals surface area contributed by atoms with Crippen LogP contribution < -0.4 is 16.0 Å². The summed E-state index contributed by atoms with van der Waals surface area (Å²) in [6.45, 7) is 4.50. The molecule has 3 N–H and O–H groups in total. The van der Waals surface area contributed by atoms with Crippen molar-refractivity contribution in [1.29, 1.82) is 0 Å². The third kappa shape index (κ3) is 5.70. The van der Waals surface area contributed by atoms with Gasteiger partial charge in [-0.05, 0) is 44.2 Å². The number of hydrogen-bond donors (Lipinski definition) is 2. The summed E-state index contributed by atoms with van der Waals surface area (Å²) < 4.78 is 12.9. The van der Waals surface area contributed by atoms with E-state index in [0.717, 1.165) is 18.7 Å². The van der Waals surface area contributed by atoms with Crippen LogP contribution in [0.1, 0.15) is 19.8 Å². The van der Waals surface area contributed by atoms with Gasteiger partial charge < -0.3 is 16.0 Å². The van der Waals surface area contributed by atoms with E-state index in [0.29, 0.717) is 26.1 Å². The summed E-state index contributed by atoms with van der Waals surface area (Å²) >= 11 is 0. The first-order valence-corrected chi connectivity index (χ1v) is 6.64. The fourth-order valence-corrected chi connectivity index (χ4v) is 1.83. The van der Waals surface area contributed by atoms with Gasteiger partial charge in [0, 0.05) is 31.7 Å². The highest BCUT2D eigenvalue weighted by molar-refractivity contribution is 5.76. The fourth-order valence-electron chi connectivity index (χ4n) is 1.83. The normalized spacial score (nSPS) is 10.3. The SMILES string of the molecule is CCNC(=O)CCN(CCCN)c1ccc(F)cc1. The van der Waals surface area contributed by atoms with Crippen molar-refractivity contribution in [3.8, 4) is 0 Å². The van der Waals surface area contributed by atoms with E-state index in [4.69, 9.17) is 5.73 Å². The summed E-state index contributed by atoms with van der Waals surface area (Å²) in [6.07, 6.45) is 1.27. The Labute approximate surface area is 113 Å². The maximum Gasteiger partial charge on any atom is 0.221 e. The Kier molecular flexibility index (Phi) is 6.89. The maximum atomic E-state index is 12.9. The average Bonchev–Trinajstić information content (AvgIpc) is 2.40. The molecule has 0 heterocycles. The molecule has 1 aromatic rings. The molecule has 5 heteroatoms. The number of benzene rings is 1. The van der Waals surface area contributed by atoms with Gasteiger partial charge in [-0.2, -0.15) is 0 Å². The van der Waals surface area contributed by atoms with E-state index in [1.807, 2.05) is 6.92 Å². The van der Waals surface area contributed by atoms with Gasteiger partial charge in [-0.15, -0.1) is 0 Å². The second-order valence-electron chi connectivity index (χ2n) is 4.31. The van der Waals surface area contributed by atoms with E-state index in [-0.39, 0.29) is 11.7 Å². The highest BCUT2D eigenvalue weighted by Crippen LogP contribution is 2.15. The molecule has 0 aliphatic rings. The minimum Gasteiger partial charge on any atom is -0.371 e. The summed E-state index contributed by atoms with van der Waals surface area (Å²) in [5.41, 5.74) is 6.43. The lowest BCUT2D eigenvalue weighted by atomic mass is 10.2. The number of carbonyl (C=O) groups is 1. The minimum atomic E-state index is -0.258. The molecule has 1 amide bonds. The first-order valence-electron chi connectivity index (χ1n) is 6.64. The molecule has 0 atom stereocenters. The highest BCUT2D eigenvalue weighted by Gasteiger charge is 2.08. The van der Waals surface area contributed by atoms with Crippen LogP contribution in [0.25, 0.3) is 0 Å². The largest absolute Gasteiger partial charge is 0.371 e. The molecule has 106 valence electrons. The van der Waals surface area contributed by atoms with Crippen LogP contribution in [0.3, 0.4) is 0 Å². The zero-order valence-electron chi connectivity index (χ0n) is 11.4. The second-order valence-corrected chi connectivity index (χ2v) is 4.31. The van der Waals surface area contributed by atoms with Crippen molar-refractivity contribution in [2.75, 3.05) is 31.1 Å². The first-order chi connectivity index (χ1) is 9.17. The van der Waals surface area contributed by atoms with Gasteiger partial charge >= 0.3 is 0 Å². The zero-order chi connectivity index (χ0) is 14.1. The molecule has 19 heavy (non-hydrogen) atoms. The van der Waals surface area contributed by atoms with Crippen LogP contribution in [0.2, 0.25) is 0 Å². The number of nitrogens with one attached hydrogen (secondary N) is 1. The van der Waals surface area contributed by atoms with Crippen LogP contribution in [-0.2, 0) is 4.79 Å². The number of nitrogens with zero attached hydrogens (tertiary/aromatic N) is 1. The van der Waals surface area contributed by atoms with Crippen LogP contribution in [0.5, 0.6) is 0 Å². The predicted octanol–water partition coefficient (Wildman–Crippen LogP) is 1.51. The summed E-state index contributed by atoms with van der Waals surface area (Å²) in [5.74, 6) is -0.228. The molecule has 0 fully saturated rings. The van der Waals surface area contributed by atoms with Crippen molar-refractivity contribution >= 4 is 11.6 Å². The van der Waals surface area contributed by atoms with Crippen LogP contribution >= 0.6 is 0 Å². The number of rotatable bonds is 8. The molecule has 1 aromatic carbocycles. The fraction of sp³-hybridized carbons (Fsp3) is 0.500. The van der Waals surface area contributed by atoms with Gasteiger partial charge in [0.25, 0.3) is 0 Å². The highest BCUT2D eigenvalue weighted by atomic mass is 19.1. The van der Waals surface area contributed by atoms with Gasteiger partial charge in [-0.1, -0.05) is 0 Å². The van der Waals surface area contributed by atoms with E-state index in [1.165, 1.54) is 12.1 Å². The topological polar surface area (TPSA) is 58.4 Å². The van der Waals surface area contributed by atoms with Crippen LogP contribution in [0.15, 0.2) is 24.3 Å². The molecule has 1 rings (SSSR count). The smallest absolute Gasteiger partial charge is 0.221 e. The Morgan fingerprint density at radius 1 is 1.32 bits per heavy atom. The number of anilines is 1. The average molecular weight is 267 g/mol. The lowest BCUT2D eigenvalue weighted by molar-refractivity contribution is -0.120. The lowest BCUT2D eigenvalue weighted by Crippen LogP contribution is -2.32. The quantitative estimate of drug-likeness (QED) is 0.750. The Morgan fingerprint density at radius 2 is 2.00 bits per heavy atom. The number of carbonyl (C=O) groups excluding carboxylic acids is 1. The molecule has 4 nitrogen and oxygen atoms in total. The molecule has 0 bridgehead atoms. The van der Waals surface area contributed by atoms with Crippen molar-refractivity contribution in [3.63, 3.8) is 0 Å². The monoisotopic (exact) mass is 267 g/mol. The lowest BCUT2D eigenvalue weighted by Gasteiger charge is -2.24. The number of amides is 1. The van der Waals surface area contributed by atoms with Crippen molar-refractivity contribution in [3.05, 3.63) is 30.1 Å². The van der Waals surface area contributed by atoms with Crippen molar-refractivity contribution in [2.45, 2.75) is 19.8 Å². The molecule has 0 radical (unpaired) electrons. The molecular weight excluding hydrogens is 245 g/mol. The van der Waals surface area contributed by atoms with Crippen molar-refractivity contribution < 1.29 is 9.18 Å². The Morgan fingerprint density at radius 3 is 2.58 bits per heavy atom. The van der Waals surface area contributed by atoms with E-state index in [2.05, 4.69) is 10.2 Å². The van der Waals surface area contributed by atoms with Crippen LogP contribution in [0.4, 0.5) is 10.1 Å². The van der Waals surface area contributed by atoms with Gasteiger partial charge in [-0.3, -0.25) is 4.79 Å². The third-order valence-electron chi connectivity index (χ3n) is 2.81. The molecule has 0 aliphatic carbocycles. The van der Waals surface area contributed by atoms with Crippen molar-refractivity contribution in [1.82, 2.24) is 5.32 Å². The van der Waals surface area contributed by atoms with Gasteiger partial charge in [0.05, 0.1) is 0 Å². The van der Waals surface area contributed by atoms with Gasteiger partial charge in [0.15, 0.2) is 0 Å². The summed E-state index contributed by atoms with van der Waals surface area (Å²) in [5, 5.41) is 2.77. The van der Waals surface area contributed by atoms with E-state index >= 15 is 0 Å². The van der Waals surface area contributed by atoms with Gasteiger partial charge in [0.2, 0.25) is 5.91 Å². The molecule has 0 saturated carbocycles. The van der Waals surface area contributed by atoms with Gasteiger partial charge in [0.1, 0.15) is 5.82 Å². The molecular formula is C14H22FN3O. The molecule has 0 unspecified atom stereocenters. The van der Waals surface area contributed by atoms with Crippen LogP contribution in [0, 0.1) is 5.82 Å². The standard InChI is InChI=1S/C14H22FN3O/c1-2-17-14(19)8-11-18(10-3-9-16)13-6-4-12(15)5-7-13/h4-7H,2-3,8-11,16H2,1H3,(H,17,19). The number of halogens is 1. The Hall–Kier alpha value is -1.62. The first kappa shape index (κ1) is 15.4. The predicted molar refractivity (Wildman–Crippen MR) is 75.6 cm³/mol.